The lowest BCUT2D eigenvalue weighted by molar-refractivity contribution is 0.565. The molecule has 90 valence electrons. The average molecular weight is 224 g/mol. The second-order valence-electron chi connectivity index (χ2n) is 4.05. The van der Waals surface area contributed by atoms with Crippen molar-refractivity contribution in [1.82, 2.24) is 5.32 Å². The smallest absolute Gasteiger partial charge is 0.123 e. The molecule has 0 aliphatic heterocycles. The van der Waals surface area contributed by atoms with Crippen LogP contribution in [0.5, 0.6) is 0 Å². The molecule has 16 heavy (non-hydrogen) atoms. The van der Waals surface area contributed by atoms with E-state index in [1.807, 2.05) is 0 Å². The molecule has 0 amide bonds. The lowest BCUT2D eigenvalue weighted by Gasteiger charge is -2.12. The van der Waals surface area contributed by atoms with Crippen molar-refractivity contribution in [2.75, 3.05) is 13.1 Å². The third-order valence-electron chi connectivity index (χ3n) is 2.64. The van der Waals surface area contributed by atoms with Crippen molar-refractivity contribution in [3.8, 4) is 0 Å². The van der Waals surface area contributed by atoms with Crippen molar-refractivity contribution >= 4 is 0 Å². The summed E-state index contributed by atoms with van der Waals surface area (Å²) in [7, 11) is 0. The molecule has 0 fully saturated rings. The first-order valence-corrected chi connectivity index (χ1v) is 5.95. The van der Waals surface area contributed by atoms with Crippen LogP contribution in [-0.2, 0) is 0 Å². The Hall–Kier alpha value is -0.930. The minimum Gasteiger partial charge on any atom is -0.324 e. The van der Waals surface area contributed by atoms with Crippen LogP contribution >= 0.6 is 0 Å². The van der Waals surface area contributed by atoms with E-state index in [9.17, 15) is 4.39 Å². The fourth-order valence-corrected chi connectivity index (χ4v) is 1.56. The molecule has 0 bridgehead atoms. The molecule has 3 heteroatoms. The van der Waals surface area contributed by atoms with Crippen LogP contribution < -0.4 is 11.1 Å². The van der Waals surface area contributed by atoms with Gasteiger partial charge in [-0.25, -0.2) is 4.39 Å². The minimum absolute atomic E-state index is 0.00488. The summed E-state index contributed by atoms with van der Waals surface area (Å²) in [5, 5.41) is 3.34. The van der Waals surface area contributed by atoms with Gasteiger partial charge in [0.1, 0.15) is 5.82 Å². The SMILES string of the molecule is CCCCNCCC(N)c1ccc(F)cc1. The van der Waals surface area contributed by atoms with Gasteiger partial charge in [0.25, 0.3) is 0 Å². The van der Waals surface area contributed by atoms with Crippen LogP contribution in [-0.4, -0.2) is 13.1 Å². The van der Waals surface area contributed by atoms with Crippen LogP contribution in [0, 0.1) is 5.82 Å². The van der Waals surface area contributed by atoms with E-state index in [2.05, 4.69) is 12.2 Å². The van der Waals surface area contributed by atoms with Crippen molar-refractivity contribution in [3.05, 3.63) is 35.6 Å². The summed E-state index contributed by atoms with van der Waals surface area (Å²) in [6.45, 7) is 4.14. The summed E-state index contributed by atoms with van der Waals surface area (Å²) in [6.07, 6.45) is 3.29. The number of unbranched alkanes of at least 4 members (excludes halogenated alkanes) is 1. The van der Waals surface area contributed by atoms with Gasteiger partial charge in [-0.15, -0.1) is 0 Å². The van der Waals surface area contributed by atoms with Crippen molar-refractivity contribution in [2.24, 2.45) is 5.73 Å². The summed E-state index contributed by atoms with van der Waals surface area (Å²) < 4.78 is 12.7. The van der Waals surface area contributed by atoms with Crippen LogP contribution in [0.4, 0.5) is 4.39 Å². The highest BCUT2D eigenvalue weighted by molar-refractivity contribution is 5.19. The van der Waals surface area contributed by atoms with E-state index in [-0.39, 0.29) is 11.9 Å². The van der Waals surface area contributed by atoms with Crippen LogP contribution in [0.25, 0.3) is 0 Å². The van der Waals surface area contributed by atoms with Gasteiger partial charge in [-0.3, -0.25) is 0 Å². The van der Waals surface area contributed by atoms with Crippen molar-refractivity contribution in [3.63, 3.8) is 0 Å². The lowest BCUT2D eigenvalue weighted by Crippen LogP contribution is -2.21. The second kappa shape index (κ2) is 7.36. The number of benzene rings is 1. The van der Waals surface area contributed by atoms with E-state index in [4.69, 9.17) is 5.73 Å². The van der Waals surface area contributed by atoms with E-state index in [1.54, 1.807) is 12.1 Å². The highest BCUT2D eigenvalue weighted by atomic mass is 19.1. The fourth-order valence-electron chi connectivity index (χ4n) is 1.56. The largest absolute Gasteiger partial charge is 0.324 e. The Morgan fingerprint density at radius 3 is 2.56 bits per heavy atom. The predicted octanol–water partition coefficient (Wildman–Crippen LogP) is 2.61. The molecule has 0 saturated heterocycles. The van der Waals surface area contributed by atoms with Crippen LogP contribution in [0.15, 0.2) is 24.3 Å². The molecule has 0 saturated carbocycles. The van der Waals surface area contributed by atoms with Gasteiger partial charge in [-0.05, 0) is 43.6 Å². The zero-order valence-electron chi connectivity index (χ0n) is 9.88. The van der Waals surface area contributed by atoms with Gasteiger partial charge in [-0.2, -0.15) is 0 Å². The molecule has 0 heterocycles. The van der Waals surface area contributed by atoms with Crippen LogP contribution in [0.2, 0.25) is 0 Å². The Morgan fingerprint density at radius 2 is 1.94 bits per heavy atom. The highest BCUT2D eigenvalue weighted by Crippen LogP contribution is 2.13. The van der Waals surface area contributed by atoms with Crippen molar-refractivity contribution in [2.45, 2.75) is 32.2 Å². The molecule has 0 radical (unpaired) electrons. The molecule has 0 aromatic heterocycles. The maximum atomic E-state index is 12.7. The van der Waals surface area contributed by atoms with Crippen LogP contribution in [0.1, 0.15) is 37.8 Å². The van der Waals surface area contributed by atoms with Gasteiger partial charge in [0, 0.05) is 6.04 Å². The minimum atomic E-state index is -0.211. The van der Waals surface area contributed by atoms with Gasteiger partial charge in [0.2, 0.25) is 0 Å². The zero-order chi connectivity index (χ0) is 11.8. The Bertz CT molecular complexity index is 284. The quantitative estimate of drug-likeness (QED) is 0.699. The molecule has 0 aliphatic carbocycles. The molecular weight excluding hydrogens is 203 g/mol. The summed E-state index contributed by atoms with van der Waals surface area (Å²) in [6, 6.07) is 6.42. The third-order valence-corrected chi connectivity index (χ3v) is 2.64. The summed E-state index contributed by atoms with van der Waals surface area (Å²) in [4.78, 5) is 0. The molecule has 1 unspecified atom stereocenters. The lowest BCUT2D eigenvalue weighted by atomic mass is 10.0. The number of hydrogen-bond donors (Lipinski definition) is 2. The second-order valence-corrected chi connectivity index (χ2v) is 4.05. The standard InChI is InChI=1S/C13H21FN2/c1-2-3-9-16-10-8-13(15)11-4-6-12(14)7-5-11/h4-7,13,16H,2-3,8-10,15H2,1H3. The third kappa shape index (κ3) is 4.73. The molecule has 1 aromatic rings. The fraction of sp³-hybridized carbons (Fsp3) is 0.538. The predicted molar refractivity (Wildman–Crippen MR) is 65.7 cm³/mol. The summed E-state index contributed by atoms with van der Waals surface area (Å²) in [5.41, 5.74) is 7.00. The Morgan fingerprint density at radius 1 is 1.25 bits per heavy atom. The average Bonchev–Trinajstić information content (AvgIpc) is 2.29. The van der Waals surface area contributed by atoms with Gasteiger partial charge in [0.15, 0.2) is 0 Å². The molecule has 2 nitrogen and oxygen atoms in total. The number of rotatable bonds is 7. The monoisotopic (exact) mass is 224 g/mol. The molecular formula is C13H21FN2. The zero-order valence-corrected chi connectivity index (χ0v) is 9.88. The van der Waals surface area contributed by atoms with Gasteiger partial charge in [0.05, 0.1) is 0 Å². The molecule has 1 aromatic carbocycles. The van der Waals surface area contributed by atoms with Crippen molar-refractivity contribution in [1.29, 1.82) is 0 Å². The number of nitrogens with one attached hydrogen (secondary N) is 1. The number of nitrogens with two attached hydrogens (primary N) is 1. The summed E-state index contributed by atoms with van der Waals surface area (Å²) in [5.74, 6) is -0.211. The summed E-state index contributed by atoms with van der Waals surface area (Å²) >= 11 is 0. The molecule has 1 atom stereocenters. The first-order chi connectivity index (χ1) is 7.74. The topological polar surface area (TPSA) is 38.0 Å². The highest BCUT2D eigenvalue weighted by Gasteiger charge is 2.04. The first kappa shape index (κ1) is 13.1. The Kier molecular flexibility index (Phi) is 6.04. The maximum absolute atomic E-state index is 12.7. The molecule has 1 rings (SSSR count). The van der Waals surface area contributed by atoms with E-state index in [1.165, 1.54) is 25.0 Å². The van der Waals surface area contributed by atoms with Crippen molar-refractivity contribution < 1.29 is 4.39 Å². The van der Waals surface area contributed by atoms with Gasteiger partial charge in [-0.1, -0.05) is 25.5 Å². The van der Waals surface area contributed by atoms with E-state index in [0.29, 0.717) is 0 Å². The van der Waals surface area contributed by atoms with E-state index >= 15 is 0 Å². The van der Waals surface area contributed by atoms with Gasteiger partial charge < -0.3 is 11.1 Å². The number of hydrogen-bond acceptors (Lipinski definition) is 2. The molecule has 0 aliphatic rings. The maximum Gasteiger partial charge on any atom is 0.123 e. The van der Waals surface area contributed by atoms with E-state index < -0.39 is 0 Å². The molecule has 3 N–H and O–H groups in total. The Labute approximate surface area is 97.0 Å². The van der Waals surface area contributed by atoms with Gasteiger partial charge >= 0.3 is 0 Å². The Balaban J connectivity index is 2.24. The normalized spacial score (nSPS) is 12.7. The van der Waals surface area contributed by atoms with Crippen LogP contribution in [0.3, 0.4) is 0 Å². The molecule has 0 spiro atoms. The van der Waals surface area contributed by atoms with E-state index in [0.717, 1.165) is 25.1 Å². The number of halogens is 1. The first-order valence-electron chi connectivity index (χ1n) is 5.95.